The van der Waals surface area contributed by atoms with Gasteiger partial charge >= 0.3 is 0 Å². The molecule has 0 aliphatic carbocycles. The first-order chi connectivity index (χ1) is 17.4. The van der Waals surface area contributed by atoms with Gasteiger partial charge in [-0.05, 0) is 30.4 Å². The SMILES string of the molecule is Bc1cc(N)c(NC2CN(C(=O)/C(C=C)=C/C(=C\N)NC)CC2(F)F)c(C(=O)N2C[C@H](C)C[C@H](C)C2)c1. The van der Waals surface area contributed by atoms with Gasteiger partial charge in [0.05, 0.1) is 29.2 Å². The van der Waals surface area contributed by atoms with Crippen molar-refractivity contribution in [2.24, 2.45) is 17.6 Å². The molecule has 0 saturated carbocycles. The highest BCUT2D eigenvalue weighted by molar-refractivity contribution is 6.33. The maximum atomic E-state index is 15.2. The Hall–Kier alpha value is -3.50. The van der Waals surface area contributed by atoms with Gasteiger partial charge in [0.25, 0.3) is 17.7 Å². The number of piperidine rings is 1. The lowest BCUT2D eigenvalue weighted by atomic mass is 9.89. The fourth-order valence-corrected chi connectivity index (χ4v) is 5.17. The van der Waals surface area contributed by atoms with E-state index < -0.39 is 24.4 Å². The number of nitrogen functional groups attached to an aromatic ring is 1. The number of halogens is 2. The first kappa shape index (κ1) is 28.1. The summed E-state index contributed by atoms with van der Waals surface area (Å²) in [5.74, 6) is -3.42. The van der Waals surface area contributed by atoms with Gasteiger partial charge in [-0.3, -0.25) is 9.59 Å². The molecule has 2 aliphatic heterocycles. The van der Waals surface area contributed by atoms with E-state index in [0.717, 1.165) is 16.8 Å². The number of benzene rings is 1. The molecule has 2 amide bonds. The van der Waals surface area contributed by atoms with Crippen LogP contribution in [0.25, 0.3) is 0 Å². The van der Waals surface area contributed by atoms with E-state index in [9.17, 15) is 9.59 Å². The normalized spacial score (nSPS) is 24.1. The molecule has 8 nitrogen and oxygen atoms in total. The number of anilines is 2. The number of carbonyl (C=O) groups excluding carboxylic acids is 2. The van der Waals surface area contributed by atoms with Crippen LogP contribution in [0.2, 0.25) is 0 Å². The van der Waals surface area contributed by atoms with E-state index in [1.807, 2.05) is 0 Å². The molecule has 2 aliphatic rings. The third-order valence-corrected chi connectivity index (χ3v) is 6.87. The average Bonchev–Trinajstić information content (AvgIpc) is 3.13. The van der Waals surface area contributed by atoms with Crippen LogP contribution in [0, 0.1) is 11.8 Å². The van der Waals surface area contributed by atoms with Crippen LogP contribution in [0.15, 0.2) is 48.3 Å². The predicted molar refractivity (Wildman–Crippen MR) is 146 cm³/mol. The molecular formula is C26H37BF2N6O2. The van der Waals surface area contributed by atoms with Gasteiger partial charge in [-0.25, -0.2) is 8.78 Å². The number of alkyl halides is 2. The molecule has 2 heterocycles. The first-order valence-electron chi connectivity index (χ1n) is 12.5. The summed E-state index contributed by atoms with van der Waals surface area (Å²) in [6, 6.07) is 1.89. The summed E-state index contributed by atoms with van der Waals surface area (Å²) in [4.78, 5) is 29.4. The van der Waals surface area contributed by atoms with Crippen LogP contribution >= 0.6 is 0 Å². The quantitative estimate of drug-likeness (QED) is 0.187. The van der Waals surface area contributed by atoms with Crippen LogP contribution in [-0.4, -0.2) is 74.7 Å². The topological polar surface area (TPSA) is 117 Å². The fraction of sp³-hybridized carbons (Fsp3) is 0.462. The molecule has 200 valence electrons. The van der Waals surface area contributed by atoms with Gasteiger partial charge < -0.3 is 31.9 Å². The minimum Gasteiger partial charge on any atom is -0.403 e. The molecule has 1 aromatic carbocycles. The van der Waals surface area contributed by atoms with Crippen LogP contribution < -0.4 is 27.6 Å². The standard InChI is InChI=1S/C26H37BF2N6O2/c1-5-17(7-19(10-30)32-4)24(36)35-13-22(26(28,29)14-35)33-23-20(8-18(27)9-21(23)31)25(37)34-11-15(2)6-16(3)12-34/h5,7-10,15-16,22,32-33H,1,6,11-14,27,30-31H2,2-4H3/b17-7+,19-10+/t15-,16+,22?. The average molecular weight is 514 g/mol. The van der Waals surface area contributed by atoms with Crippen LogP contribution in [0.4, 0.5) is 20.2 Å². The second kappa shape index (κ2) is 11.3. The Balaban J connectivity index is 1.89. The van der Waals surface area contributed by atoms with Crippen molar-refractivity contribution < 1.29 is 18.4 Å². The van der Waals surface area contributed by atoms with E-state index in [2.05, 4.69) is 31.1 Å². The van der Waals surface area contributed by atoms with Gasteiger partial charge in [-0.1, -0.05) is 38.0 Å². The minimum absolute atomic E-state index is 0.126. The summed E-state index contributed by atoms with van der Waals surface area (Å²) >= 11 is 0. The zero-order chi connectivity index (χ0) is 27.5. The lowest BCUT2D eigenvalue weighted by Gasteiger charge is -2.35. The Morgan fingerprint density at radius 1 is 1.19 bits per heavy atom. The molecule has 0 radical (unpaired) electrons. The van der Waals surface area contributed by atoms with E-state index in [0.29, 0.717) is 30.6 Å². The highest BCUT2D eigenvalue weighted by atomic mass is 19.3. The molecule has 3 rings (SSSR count). The van der Waals surface area contributed by atoms with Crippen LogP contribution in [0.5, 0.6) is 0 Å². The number of nitrogens with one attached hydrogen (secondary N) is 2. The van der Waals surface area contributed by atoms with E-state index in [-0.39, 0.29) is 35.0 Å². The summed E-state index contributed by atoms with van der Waals surface area (Å²) in [5.41, 5.74) is 13.7. The van der Waals surface area contributed by atoms with Crippen molar-refractivity contribution in [1.82, 2.24) is 15.1 Å². The van der Waals surface area contributed by atoms with Crippen LogP contribution in [0.1, 0.15) is 30.6 Å². The van der Waals surface area contributed by atoms with Crippen molar-refractivity contribution in [2.45, 2.75) is 32.2 Å². The first-order valence-corrected chi connectivity index (χ1v) is 12.5. The number of nitrogens with two attached hydrogens (primary N) is 2. The molecule has 2 fully saturated rings. The Bertz CT molecular complexity index is 1110. The molecule has 1 aromatic rings. The summed E-state index contributed by atoms with van der Waals surface area (Å²) in [6.07, 6.45) is 5.05. The molecule has 0 aromatic heterocycles. The third-order valence-electron chi connectivity index (χ3n) is 6.87. The Kier molecular flexibility index (Phi) is 8.55. The van der Waals surface area contributed by atoms with E-state index in [1.54, 1.807) is 31.9 Å². The number of allylic oxidation sites excluding steroid dienone is 1. The second-order valence-corrected chi connectivity index (χ2v) is 10.3. The van der Waals surface area contributed by atoms with Gasteiger partial charge in [0.2, 0.25) is 0 Å². The predicted octanol–water partition coefficient (Wildman–Crippen LogP) is 1.04. The van der Waals surface area contributed by atoms with Crippen molar-refractivity contribution in [3.63, 3.8) is 0 Å². The fourth-order valence-electron chi connectivity index (χ4n) is 5.17. The summed E-state index contributed by atoms with van der Waals surface area (Å²) in [6.45, 7) is 7.95. The molecule has 6 N–H and O–H groups in total. The van der Waals surface area contributed by atoms with Gasteiger partial charge in [0.1, 0.15) is 13.9 Å². The Morgan fingerprint density at radius 2 is 1.84 bits per heavy atom. The zero-order valence-electron chi connectivity index (χ0n) is 22.0. The van der Waals surface area contributed by atoms with E-state index in [1.165, 1.54) is 18.4 Å². The highest BCUT2D eigenvalue weighted by Crippen LogP contribution is 2.35. The van der Waals surface area contributed by atoms with E-state index >= 15 is 8.78 Å². The molecule has 3 atom stereocenters. The molecular weight excluding hydrogens is 477 g/mol. The van der Waals surface area contributed by atoms with Gasteiger partial charge in [-0.15, -0.1) is 0 Å². The maximum Gasteiger partial charge on any atom is 0.286 e. The molecule has 1 unspecified atom stereocenters. The van der Waals surface area contributed by atoms with Crippen molar-refractivity contribution in [1.29, 1.82) is 0 Å². The molecule has 11 heteroatoms. The number of likely N-dealkylation sites (N-methyl/N-ethyl adjacent to an activating group) is 1. The second-order valence-electron chi connectivity index (χ2n) is 10.3. The van der Waals surface area contributed by atoms with Gasteiger partial charge in [0.15, 0.2) is 0 Å². The molecule has 0 bridgehead atoms. The number of rotatable bonds is 7. The number of nitrogens with zero attached hydrogens (tertiary/aromatic N) is 2. The summed E-state index contributed by atoms with van der Waals surface area (Å²) < 4.78 is 30.4. The summed E-state index contributed by atoms with van der Waals surface area (Å²) in [7, 11) is 3.43. The van der Waals surface area contributed by atoms with Gasteiger partial charge in [0, 0.05) is 38.5 Å². The monoisotopic (exact) mass is 514 g/mol. The summed E-state index contributed by atoms with van der Waals surface area (Å²) in [5, 5.41) is 5.65. The van der Waals surface area contributed by atoms with Gasteiger partial charge in [-0.2, -0.15) is 0 Å². The van der Waals surface area contributed by atoms with E-state index in [4.69, 9.17) is 11.5 Å². The third kappa shape index (κ3) is 6.26. The molecule has 37 heavy (non-hydrogen) atoms. The Labute approximate surface area is 218 Å². The Morgan fingerprint density at radius 3 is 2.41 bits per heavy atom. The number of likely N-dealkylation sites (tertiary alicyclic amines) is 2. The highest BCUT2D eigenvalue weighted by Gasteiger charge is 2.50. The van der Waals surface area contributed by atoms with Crippen molar-refractivity contribution in [3.05, 3.63) is 53.9 Å². The van der Waals surface area contributed by atoms with Crippen molar-refractivity contribution >= 4 is 36.5 Å². The number of amides is 2. The maximum absolute atomic E-state index is 15.2. The zero-order valence-corrected chi connectivity index (χ0v) is 22.0. The van der Waals surface area contributed by atoms with Crippen molar-refractivity contribution in [2.75, 3.05) is 44.3 Å². The van der Waals surface area contributed by atoms with Crippen LogP contribution in [0.3, 0.4) is 0 Å². The minimum atomic E-state index is -3.26. The van der Waals surface area contributed by atoms with Crippen LogP contribution in [-0.2, 0) is 4.79 Å². The number of hydrogen-bond acceptors (Lipinski definition) is 6. The lowest BCUT2D eigenvalue weighted by Crippen LogP contribution is -2.44. The number of hydrogen-bond donors (Lipinski definition) is 4. The number of carbonyl (C=O) groups is 2. The molecule has 0 spiro atoms. The van der Waals surface area contributed by atoms with Crippen molar-refractivity contribution in [3.8, 4) is 0 Å². The smallest absolute Gasteiger partial charge is 0.286 e. The lowest BCUT2D eigenvalue weighted by molar-refractivity contribution is -0.127. The molecule has 2 saturated heterocycles. The largest absolute Gasteiger partial charge is 0.403 e.